The van der Waals surface area contributed by atoms with E-state index >= 15 is 0 Å². The van der Waals surface area contributed by atoms with E-state index in [0.29, 0.717) is 19.5 Å². The molecule has 1 aliphatic heterocycles. The van der Waals surface area contributed by atoms with E-state index in [2.05, 4.69) is 12.2 Å². The third-order valence-corrected chi connectivity index (χ3v) is 4.49. The van der Waals surface area contributed by atoms with Crippen LogP contribution in [0.3, 0.4) is 0 Å². The van der Waals surface area contributed by atoms with Crippen LogP contribution in [0.15, 0.2) is 54.6 Å². The van der Waals surface area contributed by atoms with E-state index in [9.17, 15) is 9.59 Å². The van der Waals surface area contributed by atoms with Gasteiger partial charge < -0.3 is 10.2 Å². The first-order valence-electron chi connectivity index (χ1n) is 8.41. The third kappa shape index (κ3) is 3.48. The number of carbonyl (C=O) groups is 2. The molecule has 0 aromatic heterocycles. The molecular weight excluding hydrogens is 300 g/mol. The van der Waals surface area contributed by atoms with Crippen molar-refractivity contribution < 1.29 is 9.59 Å². The highest BCUT2D eigenvalue weighted by Gasteiger charge is 2.37. The van der Waals surface area contributed by atoms with Crippen molar-refractivity contribution in [1.82, 2.24) is 5.32 Å². The minimum atomic E-state index is -0.584. The van der Waals surface area contributed by atoms with Gasteiger partial charge in [-0.25, -0.2) is 0 Å². The standard InChI is InChI=1S/C20H22N2O2/c1-2-15-8-10-17(11-9-15)22-13-12-18(20(22)24)19(23)21-14-16-6-4-3-5-7-16/h3-11,18H,2,12-14H2,1H3,(H,21,23)/t18-/m0/s1. The average molecular weight is 322 g/mol. The Morgan fingerprint density at radius 3 is 2.46 bits per heavy atom. The predicted octanol–water partition coefficient (Wildman–Crippen LogP) is 2.92. The Kier molecular flexibility index (Phi) is 4.94. The molecule has 1 N–H and O–H groups in total. The van der Waals surface area contributed by atoms with Gasteiger partial charge in [-0.2, -0.15) is 0 Å². The van der Waals surface area contributed by atoms with Crippen LogP contribution in [-0.4, -0.2) is 18.4 Å². The van der Waals surface area contributed by atoms with Gasteiger partial charge in [-0.3, -0.25) is 9.59 Å². The van der Waals surface area contributed by atoms with E-state index in [0.717, 1.165) is 17.7 Å². The molecule has 0 spiro atoms. The van der Waals surface area contributed by atoms with Crippen LogP contribution in [0.1, 0.15) is 24.5 Å². The largest absolute Gasteiger partial charge is 0.351 e. The minimum Gasteiger partial charge on any atom is -0.351 e. The molecule has 0 saturated carbocycles. The number of hydrogen-bond acceptors (Lipinski definition) is 2. The number of nitrogens with zero attached hydrogens (tertiary/aromatic N) is 1. The van der Waals surface area contributed by atoms with Crippen LogP contribution >= 0.6 is 0 Å². The molecule has 0 unspecified atom stereocenters. The van der Waals surface area contributed by atoms with Gasteiger partial charge in [-0.05, 0) is 36.1 Å². The second kappa shape index (κ2) is 7.30. The maximum absolute atomic E-state index is 12.6. The summed E-state index contributed by atoms with van der Waals surface area (Å²) in [5.74, 6) is -0.874. The third-order valence-electron chi connectivity index (χ3n) is 4.49. The summed E-state index contributed by atoms with van der Waals surface area (Å²) >= 11 is 0. The molecule has 2 aromatic rings. The Balaban J connectivity index is 1.61. The Morgan fingerprint density at radius 1 is 1.08 bits per heavy atom. The molecule has 4 heteroatoms. The van der Waals surface area contributed by atoms with E-state index in [1.807, 2.05) is 54.6 Å². The lowest BCUT2D eigenvalue weighted by Gasteiger charge is -2.17. The van der Waals surface area contributed by atoms with Crippen molar-refractivity contribution in [3.8, 4) is 0 Å². The van der Waals surface area contributed by atoms with Crippen LogP contribution in [0.4, 0.5) is 5.69 Å². The smallest absolute Gasteiger partial charge is 0.239 e. The fraction of sp³-hybridized carbons (Fsp3) is 0.300. The van der Waals surface area contributed by atoms with Gasteiger partial charge in [0.25, 0.3) is 0 Å². The molecule has 4 nitrogen and oxygen atoms in total. The summed E-state index contributed by atoms with van der Waals surface area (Å²) in [6, 6.07) is 17.7. The first-order chi connectivity index (χ1) is 11.7. The fourth-order valence-corrected chi connectivity index (χ4v) is 3.00. The topological polar surface area (TPSA) is 49.4 Å². The predicted molar refractivity (Wildman–Crippen MR) is 94.6 cm³/mol. The van der Waals surface area contributed by atoms with Crippen molar-refractivity contribution in [2.24, 2.45) is 5.92 Å². The van der Waals surface area contributed by atoms with Crippen molar-refractivity contribution in [3.05, 3.63) is 65.7 Å². The highest BCUT2D eigenvalue weighted by atomic mass is 16.2. The van der Waals surface area contributed by atoms with Gasteiger partial charge in [0.1, 0.15) is 5.92 Å². The zero-order valence-corrected chi connectivity index (χ0v) is 13.9. The van der Waals surface area contributed by atoms with Crippen LogP contribution in [0.2, 0.25) is 0 Å². The number of hydrogen-bond donors (Lipinski definition) is 1. The first-order valence-corrected chi connectivity index (χ1v) is 8.41. The maximum Gasteiger partial charge on any atom is 0.239 e. The zero-order valence-electron chi connectivity index (χ0n) is 13.9. The summed E-state index contributed by atoms with van der Waals surface area (Å²) in [6.07, 6.45) is 1.54. The van der Waals surface area contributed by atoms with Gasteiger partial charge in [-0.1, -0.05) is 49.4 Å². The molecule has 124 valence electrons. The second-order valence-electron chi connectivity index (χ2n) is 6.05. The maximum atomic E-state index is 12.6. The van der Waals surface area contributed by atoms with E-state index in [-0.39, 0.29) is 11.8 Å². The number of carbonyl (C=O) groups excluding carboxylic acids is 2. The quantitative estimate of drug-likeness (QED) is 0.861. The summed E-state index contributed by atoms with van der Waals surface area (Å²) in [6.45, 7) is 3.14. The van der Waals surface area contributed by atoms with Gasteiger partial charge in [0, 0.05) is 18.8 Å². The second-order valence-corrected chi connectivity index (χ2v) is 6.05. The number of amides is 2. The summed E-state index contributed by atoms with van der Waals surface area (Å²) < 4.78 is 0. The van der Waals surface area contributed by atoms with Gasteiger partial charge in [0.05, 0.1) is 0 Å². The summed E-state index contributed by atoms with van der Waals surface area (Å²) in [4.78, 5) is 26.6. The molecule has 0 aliphatic carbocycles. The van der Waals surface area contributed by atoms with Gasteiger partial charge in [-0.15, -0.1) is 0 Å². The number of anilines is 1. The molecule has 0 radical (unpaired) electrons. The Labute approximate surface area is 142 Å². The summed E-state index contributed by atoms with van der Waals surface area (Å²) in [5.41, 5.74) is 3.14. The summed E-state index contributed by atoms with van der Waals surface area (Å²) in [7, 11) is 0. The molecular formula is C20H22N2O2. The Bertz CT molecular complexity index is 710. The number of rotatable bonds is 5. The molecule has 1 heterocycles. The lowest BCUT2D eigenvalue weighted by molar-refractivity contribution is -0.132. The lowest BCUT2D eigenvalue weighted by atomic mass is 10.1. The van der Waals surface area contributed by atoms with E-state index < -0.39 is 5.92 Å². The summed E-state index contributed by atoms with van der Waals surface area (Å²) in [5, 5.41) is 2.88. The highest BCUT2D eigenvalue weighted by Crippen LogP contribution is 2.25. The Morgan fingerprint density at radius 2 is 1.79 bits per heavy atom. The molecule has 2 aromatic carbocycles. The minimum absolute atomic E-state index is 0.107. The van der Waals surface area contributed by atoms with Crippen LogP contribution in [0.25, 0.3) is 0 Å². The molecule has 1 aliphatic rings. The van der Waals surface area contributed by atoms with Crippen LogP contribution in [0, 0.1) is 5.92 Å². The average Bonchev–Trinajstić information content (AvgIpc) is 3.02. The monoisotopic (exact) mass is 322 g/mol. The molecule has 1 atom stereocenters. The van der Waals surface area contributed by atoms with Crippen LogP contribution in [0.5, 0.6) is 0 Å². The Hall–Kier alpha value is -2.62. The number of nitrogens with one attached hydrogen (secondary N) is 1. The fourth-order valence-electron chi connectivity index (χ4n) is 3.00. The van der Waals surface area contributed by atoms with Crippen molar-refractivity contribution in [3.63, 3.8) is 0 Å². The lowest BCUT2D eigenvalue weighted by Crippen LogP contribution is -2.36. The van der Waals surface area contributed by atoms with Crippen molar-refractivity contribution in [2.75, 3.05) is 11.4 Å². The molecule has 1 saturated heterocycles. The van der Waals surface area contributed by atoms with Crippen molar-refractivity contribution >= 4 is 17.5 Å². The molecule has 3 rings (SSSR count). The number of benzene rings is 2. The normalized spacial score (nSPS) is 17.1. The van der Waals surface area contributed by atoms with E-state index in [1.54, 1.807) is 4.90 Å². The van der Waals surface area contributed by atoms with Gasteiger partial charge in [0.2, 0.25) is 11.8 Å². The molecule has 2 amide bonds. The van der Waals surface area contributed by atoms with E-state index in [1.165, 1.54) is 5.56 Å². The van der Waals surface area contributed by atoms with Crippen molar-refractivity contribution in [1.29, 1.82) is 0 Å². The van der Waals surface area contributed by atoms with Gasteiger partial charge >= 0.3 is 0 Å². The van der Waals surface area contributed by atoms with E-state index in [4.69, 9.17) is 0 Å². The molecule has 24 heavy (non-hydrogen) atoms. The highest BCUT2D eigenvalue weighted by molar-refractivity contribution is 6.09. The zero-order chi connectivity index (χ0) is 16.9. The van der Waals surface area contributed by atoms with Gasteiger partial charge in [0.15, 0.2) is 0 Å². The van der Waals surface area contributed by atoms with Crippen LogP contribution < -0.4 is 10.2 Å². The molecule has 1 fully saturated rings. The molecule has 0 bridgehead atoms. The first kappa shape index (κ1) is 16.2. The van der Waals surface area contributed by atoms with Crippen LogP contribution in [-0.2, 0) is 22.6 Å². The van der Waals surface area contributed by atoms with Crippen molar-refractivity contribution in [2.45, 2.75) is 26.3 Å². The SMILES string of the molecule is CCc1ccc(N2CC[C@@H](C(=O)NCc3ccccc3)C2=O)cc1. The number of aryl methyl sites for hydroxylation is 1.